The largest absolute Gasteiger partial charge is 0.480 e. The number of carbonyl (C=O) groups excluding carboxylic acids is 1. The van der Waals surface area contributed by atoms with Gasteiger partial charge < -0.3 is 14.5 Å². The summed E-state index contributed by atoms with van der Waals surface area (Å²) in [5, 5.41) is 8.51. The van der Waals surface area contributed by atoms with Crippen LogP contribution in [-0.2, 0) is 0 Å². The minimum absolute atomic E-state index is 0.104. The molecule has 0 unspecified atom stereocenters. The van der Waals surface area contributed by atoms with E-state index in [1.807, 2.05) is 18.2 Å². The minimum Gasteiger partial charge on any atom is -0.480 e. The molecule has 0 spiro atoms. The van der Waals surface area contributed by atoms with E-state index in [0.717, 1.165) is 23.8 Å². The van der Waals surface area contributed by atoms with Crippen molar-refractivity contribution >= 4 is 23.2 Å². The topological polar surface area (TPSA) is 58.6 Å². The summed E-state index contributed by atoms with van der Waals surface area (Å²) in [7, 11) is 1.52. The van der Waals surface area contributed by atoms with E-state index < -0.39 is 0 Å². The zero-order valence-electron chi connectivity index (χ0n) is 13.7. The van der Waals surface area contributed by atoms with Crippen LogP contribution in [0.5, 0.6) is 5.88 Å². The van der Waals surface area contributed by atoms with Crippen LogP contribution >= 0.6 is 11.6 Å². The Morgan fingerprint density at radius 1 is 1.12 bits per heavy atom. The number of benzene rings is 1. The van der Waals surface area contributed by atoms with Crippen LogP contribution in [0.1, 0.15) is 16.1 Å². The molecule has 0 radical (unpaired) electrons. The van der Waals surface area contributed by atoms with E-state index in [4.69, 9.17) is 16.3 Å². The average Bonchev–Trinajstić information content (AvgIpc) is 2.63. The van der Waals surface area contributed by atoms with Gasteiger partial charge in [0, 0.05) is 43.0 Å². The first-order valence-electron chi connectivity index (χ1n) is 7.76. The van der Waals surface area contributed by atoms with Crippen molar-refractivity contribution in [3.8, 4) is 5.88 Å². The van der Waals surface area contributed by atoms with E-state index in [-0.39, 0.29) is 5.91 Å². The van der Waals surface area contributed by atoms with Gasteiger partial charge in [0.15, 0.2) is 5.69 Å². The Kier molecular flexibility index (Phi) is 4.85. The fraction of sp³-hybridized carbons (Fsp3) is 0.353. The second kappa shape index (κ2) is 7.05. The molecule has 0 atom stereocenters. The molecule has 0 bridgehead atoms. The Balaban J connectivity index is 1.65. The average molecular weight is 347 g/mol. The van der Waals surface area contributed by atoms with Crippen molar-refractivity contribution in [3.63, 3.8) is 0 Å². The molecule has 1 aliphatic heterocycles. The van der Waals surface area contributed by atoms with Crippen molar-refractivity contribution in [3.05, 3.63) is 46.6 Å². The zero-order valence-corrected chi connectivity index (χ0v) is 14.5. The first-order valence-corrected chi connectivity index (χ1v) is 8.14. The second-order valence-corrected chi connectivity index (χ2v) is 6.11. The third-order valence-corrected chi connectivity index (χ3v) is 4.38. The van der Waals surface area contributed by atoms with Gasteiger partial charge in [0.2, 0.25) is 5.88 Å². The number of ether oxygens (including phenoxy) is 1. The van der Waals surface area contributed by atoms with Crippen molar-refractivity contribution < 1.29 is 9.53 Å². The lowest BCUT2D eigenvalue weighted by Crippen LogP contribution is -2.49. The summed E-state index contributed by atoms with van der Waals surface area (Å²) < 4.78 is 4.96. The molecule has 3 rings (SSSR count). The van der Waals surface area contributed by atoms with E-state index in [1.165, 1.54) is 12.7 Å². The highest BCUT2D eigenvalue weighted by Gasteiger charge is 2.24. The third-order valence-electron chi connectivity index (χ3n) is 4.15. The van der Waals surface area contributed by atoms with Gasteiger partial charge in [0.25, 0.3) is 5.91 Å². The van der Waals surface area contributed by atoms with Gasteiger partial charge in [-0.15, -0.1) is 10.2 Å². The number of aromatic nitrogens is 2. The molecular formula is C17H19ClN4O2. The summed E-state index contributed by atoms with van der Waals surface area (Å²) >= 11 is 6.10. The van der Waals surface area contributed by atoms with Crippen LogP contribution in [0.15, 0.2) is 30.3 Å². The molecule has 24 heavy (non-hydrogen) atoms. The molecule has 1 saturated heterocycles. The van der Waals surface area contributed by atoms with Gasteiger partial charge in [-0.25, -0.2) is 0 Å². The number of carbonyl (C=O) groups is 1. The number of amides is 1. The van der Waals surface area contributed by atoms with Gasteiger partial charge in [0.05, 0.1) is 7.11 Å². The highest BCUT2D eigenvalue weighted by molar-refractivity contribution is 6.30. The molecule has 1 aliphatic rings. The van der Waals surface area contributed by atoms with Crippen LogP contribution in [0.4, 0.5) is 5.69 Å². The summed E-state index contributed by atoms with van der Waals surface area (Å²) in [5.74, 6) is 0.292. The Labute approximate surface area is 146 Å². The number of rotatable bonds is 3. The number of aryl methyl sites for hydroxylation is 1. The quantitative estimate of drug-likeness (QED) is 0.854. The lowest BCUT2D eigenvalue weighted by molar-refractivity contribution is 0.0739. The molecule has 1 fully saturated rings. The van der Waals surface area contributed by atoms with Crippen LogP contribution < -0.4 is 9.64 Å². The van der Waals surface area contributed by atoms with Crippen LogP contribution in [0.25, 0.3) is 0 Å². The summed E-state index contributed by atoms with van der Waals surface area (Å²) in [5.41, 5.74) is 2.64. The summed E-state index contributed by atoms with van der Waals surface area (Å²) in [4.78, 5) is 16.6. The number of methoxy groups -OCH3 is 1. The maximum absolute atomic E-state index is 12.5. The van der Waals surface area contributed by atoms with Gasteiger partial charge in [-0.2, -0.15) is 0 Å². The van der Waals surface area contributed by atoms with Gasteiger partial charge in [0.1, 0.15) is 0 Å². The van der Waals surface area contributed by atoms with Crippen molar-refractivity contribution in [2.24, 2.45) is 0 Å². The number of hydrogen-bond acceptors (Lipinski definition) is 5. The molecule has 0 N–H and O–H groups in total. The van der Waals surface area contributed by atoms with Crippen molar-refractivity contribution in [2.45, 2.75) is 6.92 Å². The van der Waals surface area contributed by atoms with Gasteiger partial charge in [-0.05, 0) is 30.7 Å². The Morgan fingerprint density at radius 2 is 1.88 bits per heavy atom. The van der Waals surface area contributed by atoms with Crippen LogP contribution in [-0.4, -0.2) is 54.3 Å². The van der Waals surface area contributed by atoms with E-state index in [0.29, 0.717) is 24.7 Å². The standard InChI is InChI=1S/C17H19ClN4O2/c1-12-3-4-13(18)11-15(12)21-7-9-22(10-8-21)17(23)14-5-6-16(24-2)20-19-14/h3-6,11H,7-10H2,1-2H3. The SMILES string of the molecule is COc1ccc(C(=O)N2CCN(c3cc(Cl)ccc3C)CC2)nn1. The molecular weight excluding hydrogens is 328 g/mol. The van der Waals surface area contributed by atoms with Gasteiger partial charge >= 0.3 is 0 Å². The maximum atomic E-state index is 12.5. The fourth-order valence-corrected chi connectivity index (χ4v) is 2.94. The highest BCUT2D eigenvalue weighted by Crippen LogP contribution is 2.25. The number of anilines is 1. The molecule has 0 aliphatic carbocycles. The molecule has 7 heteroatoms. The predicted molar refractivity (Wildman–Crippen MR) is 92.9 cm³/mol. The number of piperazine rings is 1. The van der Waals surface area contributed by atoms with Crippen LogP contribution in [0.2, 0.25) is 5.02 Å². The summed E-state index contributed by atoms with van der Waals surface area (Å²) in [6, 6.07) is 9.17. The summed E-state index contributed by atoms with van der Waals surface area (Å²) in [6.07, 6.45) is 0. The van der Waals surface area contributed by atoms with E-state index >= 15 is 0 Å². The Hall–Kier alpha value is -2.34. The van der Waals surface area contributed by atoms with Crippen LogP contribution in [0, 0.1) is 6.92 Å². The minimum atomic E-state index is -0.104. The first kappa shape index (κ1) is 16.5. The highest BCUT2D eigenvalue weighted by atomic mass is 35.5. The fourth-order valence-electron chi connectivity index (χ4n) is 2.78. The van der Waals surface area contributed by atoms with E-state index in [2.05, 4.69) is 22.0 Å². The van der Waals surface area contributed by atoms with Crippen LogP contribution in [0.3, 0.4) is 0 Å². The van der Waals surface area contributed by atoms with Gasteiger partial charge in [-0.1, -0.05) is 17.7 Å². The van der Waals surface area contributed by atoms with Crippen molar-refractivity contribution in [1.29, 1.82) is 0 Å². The molecule has 2 heterocycles. The molecule has 126 valence electrons. The lowest BCUT2D eigenvalue weighted by atomic mass is 10.1. The molecule has 1 aromatic heterocycles. The molecule has 0 saturated carbocycles. The van der Waals surface area contributed by atoms with Gasteiger partial charge in [-0.3, -0.25) is 4.79 Å². The first-order chi connectivity index (χ1) is 11.6. The molecule has 1 amide bonds. The number of hydrogen-bond donors (Lipinski definition) is 0. The van der Waals surface area contributed by atoms with E-state index in [1.54, 1.807) is 17.0 Å². The second-order valence-electron chi connectivity index (χ2n) is 5.67. The maximum Gasteiger partial charge on any atom is 0.274 e. The molecule has 2 aromatic rings. The lowest BCUT2D eigenvalue weighted by Gasteiger charge is -2.36. The predicted octanol–water partition coefficient (Wildman–Crippen LogP) is 2.41. The third kappa shape index (κ3) is 3.43. The number of halogens is 1. The monoisotopic (exact) mass is 346 g/mol. The van der Waals surface area contributed by atoms with Crippen molar-refractivity contribution in [1.82, 2.24) is 15.1 Å². The Morgan fingerprint density at radius 3 is 2.50 bits per heavy atom. The Bertz CT molecular complexity index is 728. The number of nitrogens with zero attached hydrogens (tertiary/aromatic N) is 4. The molecule has 1 aromatic carbocycles. The summed E-state index contributed by atoms with van der Waals surface area (Å²) in [6.45, 7) is 4.86. The van der Waals surface area contributed by atoms with E-state index in [9.17, 15) is 4.79 Å². The molecule has 6 nitrogen and oxygen atoms in total. The normalized spacial score (nSPS) is 14.6. The van der Waals surface area contributed by atoms with Crippen molar-refractivity contribution in [2.75, 3.05) is 38.2 Å². The smallest absolute Gasteiger partial charge is 0.274 e. The zero-order chi connectivity index (χ0) is 17.1.